The van der Waals surface area contributed by atoms with Gasteiger partial charge in [-0.2, -0.15) is 0 Å². The van der Waals surface area contributed by atoms with Gasteiger partial charge in [0.05, 0.1) is 12.4 Å². The average Bonchev–Trinajstić information content (AvgIpc) is 2.51. The Bertz CT molecular complexity index is 635. The first-order valence-electron chi connectivity index (χ1n) is 7.40. The fraction of sp³-hybridized carbons (Fsp3) is 0.375. The van der Waals surface area contributed by atoms with Crippen LogP contribution in [-0.2, 0) is 0 Å². The molecule has 1 aromatic heterocycles. The molecule has 0 spiro atoms. The Morgan fingerprint density at radius 1 is 1.09 bits per heavy atom. The van der Waals surface area contributed by atoms with Gasteiger partial charge in [0.2, 0.25) is 5.95 Å². The van der Waals surface area contributed by atoms with E-state index in [0.29, 0.717) is 5.95 Å². The molecule has 1 N–H and O–H groups in total. The lowest BCUT2D eigenvalue weighted by Crippen LogP contribution is -2.44. The van der Waals surface area contributed by atoms with Gasteiger partial charge in [0.1, 0.15) is 0 Å². The predicted octanol–water partition coefficient (Wildman–Crippen LogP) is 2.42. The molecule has 1 aliphatic heterocycles. The Kier molecular flexibility index (Phi) is 4.20. The number of hydrogen-bond donors (Lipinski definition) is 1. The van der Waals surface area contributed by atoms with Crippen molar-refractivity contribution in [1.82, 2.24) is 14.9 Å². The quantitative estimate of drug-likeness (QED) is 0.943. The first kappa shape index (κ1) is 14.7. The third-order valence-corrected chi connectivity index (χ3v) is 3.92. The fourth-order valence-corrected chi connectivity index (χ4v) is 2.64. The van der Waals surface area contributed by atoms with Crippen LogP contribution in [0.2, 0.25) is 0 Å². The summed E-state index contributed by atoms with van der Waals surface area (Å²) >= 11 is 0. The zero-order chi connectivity index (χ0) is 15.5. The van der Waals surface area contributed by atoms with E-state index in [2.05, 4.69) is 51.2 Å². The van der Waals surface area contributed by atoms with E-state index in [4.69, 9.17) is 0 Å². The van der Waals surface area contributed by atoms with E-state index < -0.39 is 5.82 Å². The molecule has 0 atom stereocenters. The van der Waals surface area contributed by atoms with Crippen LogP contribution < -0.4 is 10.2 Å². The summed E-state index contributed by atoms with van der Waals surface area (Å²) in [4.78, 5) is 12.6. The number of aryl methyl sites for hydroxylation is 1. The summed E-state index contributed by atoms with van der Waals surface area (Å²) in [7, 11) is 2.15. The maximum absolute atomic E-state index is 12.8. The van der Waals surface area contributed by atoms with Crippen LogP contribution in [0.25, 0.3) is 0 Å². The van der Waals surface area contributed by atoms with Gasteiger partial charge in [-0.15, -0.1) is 0 Å². The van der Waals surface area contributed by atoms with Crippen molar-refractivity contribution in [3.8, 4) is 0 Å². The van der Waals surface area contributed by atoms with Crippen molar-refractivity contribution in [2.45, 2.75) is 6.92 Å². The van der Waals surface area contributed by atoms with Gasteiger partial charge in [-0.05, 0) is 37.7 Å². The zero-order valence-corrected chi connectivity index (χ0v) is 12.9. The van der Waals surface area contributed by atoms with Crippen molar-refractivity contribution in [1.29, 1.82) is 0 Å². The molecule has 6 heteroatoms. The molecule has 2 heterocycles. The Morgan fingerprint density at radius 3 is 2.41 bits per heavy atom. The van der Waals surface area contributed by atoms with Crippen molar-refractivity contribution in [3.05, 3.63) is 42.0 Å². The van der Waals surface area contributed by atoms with Gasteiger partial charge < -0.3 is 15.1 Å². The molecule has 22 heavy (non-hydrogen) atoms. The Hall–Kier alpha value is -2.21. The summed E-state index contributed by atoms with van der Waals surface area (Å²) in [5.74, 6) is -0.0414. The number of anilines is 3. The van der Waals surface area contributed by atoms with Gasteiger partial charge in [0.15, 0.2) is 5.82 Å². The van der Waals surface area contributed by atoms with Crippen LogP contribution >= 0.6 is 0 Å². The highest BCUT2D eigenvalue weighted by Gasteiger charge is 2.15. The summed E-state index contributed by atoms with van der Waals surface area (Å²) in [5.41, 5.74) is 3.37. The molecule has 0 saturated carbocycles. The van der Waals surface area contributed by atoms with Crippen molar-refractivity contribution < 1.29 is 4.39 Å². The van der Waals surface area contributed by atoms with Gasteiger partial charge in [0, 0.05) is 37.6 Å². The minimum Gasteiger partial charge on any atom is -0.369 e. The van der Waals surface area contributed by atoms with Gasteiger partial charge in [-0.1, -0.05) is 0 Å². The van der Waals surface area contributed by atoms with E-state index in [0.717, 1.165) is 44.3 Å². The number of nitrogens with zero attached hydrogens (tertiary/aromatic N) is 4. The van der Waals surface area contributed by atoms with Crippen molar-refractivity contribution in [3.63, 3.8) is 0 Å². The topological polar surface area (TPSA) is 44.3 Å². The van der Waals surface area contributed by atoms with E-state index in [1.165, 1.54) is 11.3 Å². The van der Waals surface area contributed by atoms with Gasteiger partial charge in [0.25, 0.3) is 0 Å². The Morgan fingerprint density at radius 2 is 1.77 bits per heavy atom. The van der Waals surface area contributed by atoms with Crippen LogP contribution in [0.5, 0.6) is 0 Å². The number of hydrogen-bond acceptors (Lipinski definition) is 5. The van der Waals surface area contributed by atoms with Crippen molar-refractivity contribution >= 4 is 17.3 Å². The monoisotopic (exact) mass is 301 g/mol. The average molecular weight is 301 g/mol. The Labute approximate surface area is 129 Å². The van der Waals surface area contributed by atoms with Crippen LogP contribution in [0.1, 0.15) is 5.56 Å². The van der Waals surface area contributed by atoms with E-state index >= 15 is 0 Å². The highest BCUT2D eigenvalue weighted by Crippen LogP contribution is 2.25. The summed E-state index contributed by atoms with van der Waals surface area (Å²) < 4.78 is 12.8. The van der Waals surface area contributed by atoms with E-state index in [1.54, 1.807) is 0 Å². The molecule has 0 unspecified atom stereocenters. The summed E-state index contributed by atoms with van der Waals surface area (Å²) in [5, 5.41) is 3.09. The lowest BCUT2D eigenvalue weighted by atomic mass is 10.1. The van der Waals surface area contributed by atoms with E-state index in [9.17, 15) is 4.39 Å². The number of nitrogens with one attached hydrogen (secondary N) is 1. The lowest BCUT2D eigenvalue weighted by molar-refractivity contribution is 0.312. The molecule has 116 valence electrons. The van der Waals surface area contributed by atoms with E-state index in [1.807, 2.05) is 6.07 Å². The predicted molar refractivity (Wildman–Crippen MR) is 86.2 cm³/mol. The maximum atomic E-state index is 12.8. The summed E-state index contributed by atoms with van der Waals surface area (Å²) in [6, 6.07) is 6.19. The second-order valence-electron chi connectivity index (χ2n) is 5.64. The van der Waals surface area contributed by atoms with Crippen LogP contribution in [0.4, 0.5) is 21.7 Å². The normalized spacial score (nSPS) is 15.9. The second kappa shape index (κ2) is 6.27. The molecule has 1 aliphatic rings. The van der Waals surface area contributed by atoms with Crippen LogP contribution in [0, 0.1) is 12.7 Å². The lowest BCUT2D eigenvalue weighted by Gasteiger charge is -2.35. The molecule has 0 bridgehead atoms. The molecule has 3 rings (SSSR count). The van der Waals surface area contributed by atoms with Gasteiger partial charge in [-0.25, -0.2) is 14.4 Å². The third kappa shape index (κ3) is 3.33. The standard InChI is InChI=1S/C16H20FN5/c1-12-9-14(20-16-18-10-13(17)11-19-16)3-4-15(12)22-7-5-21(2)6-8-22/h3-4,9-11H,5-8H2,1-2H3,(H,18,19,20). The number of benzene rings is 1. The highest BCUT2D eigenvalue weighted by molar-refractivity contribution is 5.63. The molecule has 2 aromatic rings. The molecular weight excluding hydrogens is 281 g/mol. The minimum absolute atomic E-state index is 0.396. The molecule has 0 amide bonds. The summed E-state index contributed by atoms with van der Waals surface area (Å²) in [6.07, 6.45) is 2.31. The molecule has 0 radical (unpaired) electrons. The molecule has 1 saturated heterocycles. The van der Waals surface area contributed by atoms with Crippen molar-refractivity contribution in [2.75, 3.05) is 43.4 Å². The number of aromatic nitrogens is 2. The number of halogens is 1. The second-order valence-corrected chi connectivity index (χ2v) is 5.64. The maximum Gasteiger partial charge on any atom is 0.227 e. The first-order valence-corrected chi connectivity index (χ1v) is 7.40. The van der Waals surface area contributed by atoms with Gasteiger partial charge in [-0.3, -0.25) is 0 Å². The molecule has 5 nitrogen and oxygen atoms in total. The molecule has 1 fully saturated rings. The van der Waals surface area contributed by atoms with Gasteiger partial charge >= 0.3 is 0 Å². The Balaban J connectivity index is 1.73. The fourth-order valence-electron chi connectivity index (χ4n) is 2.64. The van der Waals surface area contributed by atoms with Crippen LogP contribution in [0.15, 0.2) is 30.6 Å². The van der Waals surface area contributed by atoms with Crippen LogP contribution in [-0.4, -0.2) is 48.1 Å². The van der Waals surface area contributed by atoms with Crippen molar-refractivity contribution in [2.24, 2.45) is 0 Å². The first-order chi connectivity index (χ1) is 10.6. The number of piperazine rings is 1. The molecule has 1 aromatic carbocycles. The SMILES string of the molecule is Cc1cc(Nc2ncc(F)cn2)ccc1N1CCN(C)CC1. The van der Waals surface area contributed by atoms with E-state index in [-0.39, 0.29) is 0 Å². The zero-order valence-electron chi connectivity index (χ0n) is 12.9. The minimum atomic E-state index is -0.438. The molecular formula is C16H20FN5. The number of rotatable bonds is 3. The third-order valence-electron chi connectivity index (χ3n) is 3.92. The largest absolute Gasteiger partial charge is 0.369 e. The smallest absolute Gasteiger partial charge is 0.227 e. The summed E-state index contributed by atoms with van der Waals surface area (Å²) in [6.45, 7) is 6.37. The molecule has 0 aliphatic carbocycles. The highest BCUT2D eigenvalue weighted by atomic mass is 19.1. The van der Waals surface area contributed by atoms with Crippen LogP contribution in [0.3, 0.4) is 0 Å². The number of likely N-dealkylation sites (N-methyl/N-ethyl adjacent to an activating group) is 1.